The SMILES string of the molecule is Cc1cc2c(s1)-c1sc(-c3c(F)c(F)c(-c4cc5c(s4)-c4sc(-c6c(F)c(F)c(C)c7nsnc67)cc4C(CCC(C)CCCC(C)C)(CCC(C)CCCC(C)C)O5)c4nsnc34)cc1C(CCC(C)CCCC(C)C)(CCC(C)CCCC(C)C)O2. The smallest absolute Gasteiger partial charge is 0.170 e. The van der Waals surface area contributed by atoms with Crippen LogP contribution in [0.3, 0.4) is 0 Å². The number of hydrogen-bond donors (Lipinski definition) is 0. The largest absolute Gasteiger partial charge is 0.481 e. The fourth-order valence-electron chi connectivity index (χ4n) is 13.7. The van der Waals surface area contributed by atoms with Crippen LogP contribution >= 0.6 is 68.8 Å². The summed E-state index contributed by atoms with van der Waals surface area (Å²) in [6.07, 6.45) is 20.7. The summed E-state index contributed by atoms with van der Waals surface area (Å²) in [7, 11) is 0. The molecule has 0 bridgehead atoms. The topological polar surface area (TPSA) is 70.0 Å². The molecule has 10 rings (SSSR count). The zero-order valence-electron chi connectivity index (χ0n) is 54.6. The third-order valence-electron chi connectivity index (χ3n) is 19.2. The quantitative estimate of drug-likeness (QED) is 0.0403. The van der Waals surface area contributed by atoms with Gasteiger partial charge in [0, 0.05) is 36.2 Å². The van der Waals surface area contributed by atoms with Crippen molar-refractivity contribution in [1.82, 2.24) is 17.5 Å². The Morgan fingerprint density at radius 1 is 0.375 bits per heavy atom. The molecule has 0 radical (unpaired) electrons. The number of nitrogens with zero attached hydrogens (tertiary/aromatic N) is 4. The van der Waals surface area contributed by atoms with Crippen molar-refractivity contribution in [2.75, 3.05) is 0 Å². The fraction of sp³-hybridized carbons (Fsp3) is 0.611. The van der Waals surface area contributed by atoms with Gasteiger partial charge in [0.15, 0.2) is 23.3 Å². The highest BCUT2D eigenvalue weighted by atomic mass is 32.1. The van der Waals surface area contributed by atoms with Gasteiger partial charge in [-0.2, -0.15) is 17.5 Å². The summed E-state index contributed by atoms with van der Waals surface area (Å²) in [5.74, 6) is 2.01. The molecule has 0 amide bonds. The van der Waals surface area contributed by atoms with Gasteiger partial charge >= 0.3 is 0 Å². The van der Waals surface area contributed by atoms with Crippen molar-refractivity contribution in [3.05, 3.63) is 69.1 Å². The number of aromatic nitrogens is 4. The third-order valence-corrected chi connectivity index (χ3v) is 25.1. The van der Waals surface area contributed by atoms with Gasteiger partial charge in [0.1, 0.15) is 44.8 Å². The monoisotopic (exact) mass is 1310 g/mol. The molecule has 8 aromatic rings. The molecule has 6 nitrogen and oxygen atoms in total. The molecule has 0 saturated heterocycles. The number of halogens is 4. The van der Waals surface area contributed by atoms with E-state index in [4.69, 9.17) is 18.2 Å². The molecule has 6 aromatic heterocycles. The van der Waals surface area contributed by atoms with E-state index in [0.717, 1.165) is 155 Å². The van der Waals surface area contributed by atoms with E-state index >= 15 is 17.6 Å². The van der Waals surface area contributed by atoms with Crippen molar-refractivity contribution in [3.8, 4) is 62.3 Å². The molecule has 4 unspecified atom stereocenters. The Labute approximate surface area is 546 Å². The van der Waals surface area contributed by atoms with Crippen LogP contribution in [0, 0.1) is 84.5 Å². The van der Waals surface area contributed by atoms with E-state index < -0.39 is 34.5 Å². The van der Waals surface area contributed by atoms with Crippen LogP contribution in [0.25, 0.3) is 72.9 Å². The Bertz CT molecular complexity index is 3630. The second-order valence-electron chi connectivity index (χ2n) is 28.6. The molecule has 4 atom stereocenters. The van der Waals surface area contributed by atoms with Gasteiger partial charge in [0.05, 0.1) is 59.7 Å². The first-order valence-corrected chi connectivity index (χ1v) is 37.9. The molecule has 0 N–H and O–H groups in total. The summed E-state index contributed by atoms with van der Waals surface area (Å²) < 4.78 is 102. The highest BCUT2D eigenvalue weighted by Crippen LogP contribution is 2.61. The number of hydrogen-bond acceptors (Lipinski definition) is 12. The predicted molar refractivity (Wildman–Crippen MR) is 369 cm³/mol. The van der Waals surface area contributed by atoms with Crippen LogP contribution in [-0.4, -0.2) is 17.5 Å². The van der Waals surface area contributed by atoms with Crippen LogP contribution in [0.5, 0.6) is 11.5 Å². The second kappa shape index (κ2) is 28.6. The Hall–Kier alpha value is -3.80. The van der Waals surface area contributed by atoms with Crippen LogP contribution in [0.1, 0.15) is 233 Å². The van der Waals surface area contributed by atoms with Gasteiger partial charge in [0.25, 0.3) is 0 Å². The van der Waals surface area contributed by atoms with E-state index in [2.05, 4.69) is 111 Å². The lowest BCUT2D eigenvalue weighted by molar-refractivity contribution is 0.0322. The van der Waals surface area contributed by atoms with Crippen molar-refractivity contribution in [1.29, 1.82) is 0 Å². The number of ether oxygens (including phenoxy) is 2. The maximum atomic E-state index is 18.1. The van der Waals surface area contributed by atoms with E-state index in [1.165, 1.54) is 59.7 Å². The molecule has 2 aliphatic rings. The highest BCUT2D eigenvalue weighted by Gasteiger charge is 2.47. The first-order valence-electron chi connectivity index (χ1n) is 33.1. The molecule has 88 heavy (non-hydrogen) atoms. The molecule has 0 saturated carbocycles. The van der Waals surface area contributed by atoms with Gasteiger partial charge in [-0.25, -0.2) is 17.6 Å². The Balaban J connectivity index is 1.08. The van der Waals surface area contributed by atoms with Crippen molar-refractivity contribution in [2.24, 2.45) is 47.3 Å². The predicted octanol–water partition coefficient (Wildman–Crippen LogP) is 25.6. The Kier molecular flexibility index (Phi) is 21.8. The number of fused-ring (bicyclic) bond motifs is 8. The van der Waals surface area contributed by atoms with Gasteiger partial charge in [-0.15, -0.1) is 45.3 Å². The standard InChI is InChI=1S/C72H94F4N4O2S6/c1-39(2)19-15-23-43(9)27-31-71(32-28-44(10)24-16-20-40(3)4)49-36-54(84-67(49)69-51(81-71)35-47(13)83-69)57-61(75)62(76)58(66-65(57)79-88-80-66)55-38-52-70(86-55)68-50(37-53(85-68)56-60(74)59(73)48(14)63-64(56)78-87-77-63)72(82-52,33-29-45(11)25-17-21-41(5)6)34-30-46(12)26-18-22-42(7)8/h35-46H,15-34H2,1-14H3. The molecule has 2 aliphatic heterocycles. The third kappa shape index (κ3) is 14.4. The zero-order chi connectivity index (χ0) is 62.9. The summed E-state index contributed by atoms with van der Waals surface area (Å²) in [5.41, 5.74) is 2.16. The summed E-state index contributed by atoms with van der Waals surface area (Å²) in [6.45, 7) is 31.3. The second-order valence-corrected chi connectivity index (χ2v) is 34.0. The lowest BCUT2D eigenvalue weighted by atomic mass is 9.78. The molecular formula is C72H94F4N4O2S6. The molecular weight excluding hydrogens is 1220 g/mol. The number of thiophene rings is 4. The van der Waals surface area contributed by atoms with Crippen LogP contribution in [-0.2, 0) is 11.2 Å². The van der Waals surface area contributed by atoms with Crippen molar-refractivity contribution >= 4 is 90.9 Å². The maximum Gasteiger partial charge on any atom is 0.170 e. The summed E-state index contributed by atoms with van der Waals surface area (Å²) in [5, 5.41) is 0. The minimum Gasteiger partial charge on any atom is -0.481 e. The van der Waals surface area contributed by atoms with E-state index in [1.54, 1.807) is 18.3 Å². The van der Waals surface area contributed by atoms with E-state index in [0.29, 0.717) is 103 Å². The average Bonchev–Trinajstić information content (AvgIpc) is 1.60. The lowest BCUT2D eigenvalue weighted by Gasteiger charge is -2.39. The van der Waals surface area contributed by atoms with Gasteiger partial charge in [-0.3, -0.25) is 0 Å². The fourth-order valence-corrected chi connectivity index (χ4v) is 19.8. The molecule has 16 heteroatoms. The molecule has 0 spiro atoms. The number of rotatable bonds is 31. The van der Waals surface area contributed by atoms with Gasteiger partial charge in [-0.1, -0.05) is 160 Å². The number of aryl methyl sites for hydroxylation is 2. The summed E-state index contributed by atoms with van der Waals surface area (Å²) in [4.78, 5) is 6.47. The molecule has 0 fully saturated rings. The maximum absolute atomic E-state index is 18.1. The van der Waals surface area contributed by atoms with E-state index in [1.807, 2.05) is 12.1 Å². The minimum absolute atomic E-state index is 0.0458. The van der Waals surface area contributed by atoms with Gasteiger partial charge < -0.3 is 9.47 Å². The van der Waals surface area contributed by atoms with Crippen molar-refractivity contribution in [3.63, 3.8) is 0 Å². The lowest BCUT2D eigenvalue weighted by Crippen LogP contribution is -2.36. The highest BCUT2D eigenvalue weighted by molar-refractivity contribution is 7.26. The van der Waals surface area contributed by atoms with Crippen molar-refractivity contribution < 1.29 is 27.0 Å². The first-order chi connectivity index (χ1) is 42.0. The van der Waals surface area contributed by atoms with E-state index in [-0.39, 0.29) is 22.3 Å². The minimum atomic E-state index is -0.986. The van der Waals surface area contributed by atoms with Crippen molar-refractivity contribution in [2.45, 2.75) is 237 Å². The molecule has 8 heterocycles. The van der Waals surface area contributed by atoms with Gasteiger partial charge in [0.2, 0.25) is 0 Å². The Morgan fingerprint density at radius 3 is 1.08 bits per heavy atom. The Morgan fingerprint density at radius 2 is 0.693 bits per heavy atom. The number of benzene rings is 2. The van der Waals surface area contributed by atoms with Crippen LogP contribution in [0.4, 0.5) is 17.6 Å². The van der Waals surface area contributed by atoms with E-state index in [9.17, 15) is 0 Å². The van der Waals surface area contributed by atoms with Gasteiger partial charge in [-0.05, 0) is 137 Å². The van der Waals surface area contributed by atoms with Crippen LogP contribution in [0.15, 0.2) is 24.3 Å². The molecule has 0 aliphatic carbocycles. The van der Waals surface area contributed by atoms with Crippen LogP contribution < -0.4 is 9.47 Å². The van der Waals surface area contributed by atoms with Crippen LogP contribution in [0.2, 0.25) is 0 Å². The molecule has 2 aromatic carbocycles. The summed E-state index contributed by atoms with van der Waals surface area (Å²) in [6, 6.07) is 8.18. The summed E-state index contributed by atoms with van der Waals surface area (Å²) >= 11 is 7.84. The molecule has 478 valence electrons. The first kappa shape index (κ1) is 67.1. The normalized spacial score (nSPS) is 17.9. The average molecular weight is 1320 g/mol. The zero-order valence-corrected chi connectivity index (χ0v) is 59.5.